The third-order valence-electron chi connectivity index (χ3n) is 4.44. The topological polar surface area (TPSA) is 28.7 Å². The van der Waals surface area contributed by atoms with Gasteiger partial charge in [-0.3, -0.25) is 5.10 Å². The van der Waals surface area contributed by atoms with E-state index < -0.39 is 0 Å². The Labute approximate surface area is 91.5 Å². The number of nitrogens with one attached hydrogen (secondary N) is 1. The first-order chi connectivity index (χ1) is 7.32. The zero-order valence-corrected chi connectivity index (χ0v) is 9.55. The molecule has 2 nitrogen and oxygen atoms in total. The number of aromatic amines is 1. The minimum atomic E-state index is 0.479. The van der Waals surface area contributed by atoms with E-state index in [0.717, 1.165) is 12.3 Å². The fraction of sp³-hybridized carbons (Fsp3) is 0.769. The van der Waals surface area contributed by atoms with Crippen LogP contribution in [0.5, 0.6) is 0 Å². The second-order valence-electron chi connectivity index (χ2n) is 5.46. The molecule has 0 aromatic carbocycles. The fourth-order valence-electron chi connectivity index (χ4n) is 3.58. The van der Waals surface area contributed by atoms with Gasteiger partial charge in [0.1, 0.15) is 0 Å². The third-order valence-corrected chi connectivity index (χ3v) is 4.44. The molecule has 3 rings (SSSR count). The Kier molecular flexibility index (Phi) is 2.11. The molecule has 1 N–H and O–H groups in total. The highest BCUT2D eigenvalue weighted by atomic mass is 15.1. The Morgan fingerprint density at radius 1 is 1.47 bits per heavy atom. The van der Waals surface area contributed by atoms with E-state index >= 15 is 0 Å². The molecule has 15 heavy (non-hydrogen) atoms. The lowest BCUT2D eigenvalue weighted by Crippen LogP contribution is -2.19. The van der Waals surface area contributed by atoms with Gasteiger partial charge >= 0.3 is 0 Å². The van der Waals surface area contributed by atoms with Crippen molar-refractivity contribution in [2.75, 3.05) is 0 Å². The smallest absolute Gasteiger partial charge is 0.0686 e. The van der Waals surface area contributed by atoms with Gasteiger partial charge in [-0.15, -0.1) is 0 Å². The highest BCUT2D eigenvalue weighted by Crippen LogP contribution is 2.54. The number of hydrogen-bond acceptors (Lipinski definition) is 1. The quantitative estimate of drug-likeness (QED) is 0.804. The van der Waals surface area contributed by atoms with Crippen LogP contribution in [0.25, 0.3) is 0 Å². The van der Waals surface area contributed by atoms with Crippen molar-refractivity contribution in [2.24, 2.45) is 5.92 Å². The van der Waals surface area contributed by atoms with E-state index in [2.05, 4.69) is 23.2 Å². The van der Waals surface area contributed by atoms with Crippen LogP contribution in [0.1, 0.15) is 56.8 Å². The van der Waals surface area contributed by atoms with Crippen molar-refractivity contribution in [3.63, 3.8) is 0 Å². The second kappa shape index (κ2) is 3.36. The Balaban J connectivity index is 1.85. The average molecular weight is 204 g/mol. The maximum atomic E-state index is 4.56. The van der Waals surface area contributed by atoms with E-state index in [9.17, 15) is 0 Å². The third kappa shape index (κ3) is 1.42. The van der Waals surface area contributed by atoms with E-state index in [1.54, 1.807) is 0 Å². The van der Waals surface area contributed by atoms with E-state index in [1.807, 2.05) is 0 Å². The van der Waals surface area contributed by atoms with Crippen LogP contribution < -0.4 is 0 Å². The first-order valence-corrected chi connectivity index (χ1v) is 6.37. The molecule has 1 aromatic rings. The van der Waals surface area contributed by atoms with Crippen molar-refractivity contribution in [3.05, 3.63) is 17.5 Å². The lowest BCUT2D eigenvalue weighted by Gasteiger charge is -2.23. The van der Waals surface area contributed by atoms with Crippen molar-refractivity contribution >= 4 is 0 Å². The molecule has 1 aromatic heterocycles. The van der Waals surface area contributed by atoms with Crippen molar-refractivity contribution < 1.29 is 0 Å². The Morgan fingerprint density at radius 2 is 2.27 bits per heavy atom. The van der Waals surface area contributed by atoms with Crippen LogP contribution in [0.15, 0.2) is 6.07 Å². The normalized spacial score (nSPS) is 33.8. The lowest BCUT2D eigenvalue weighted by atomic mass is 9.81. The summed E-state index contributed by atoms with van der Waals surface area (Å²) >= 11 is 0. The molecule has 1 heterocycles. The molecule has 2 heteroatoms. The SMILES string of the molecule is CCCc1cc(C23CCC(CC2)C3)n[nH]1. The molecule has 2 bridgehead atoms. The molecule has 0 aliphatic heterocycles. The zero-order valence-electron chi connectivity index (χ0n) is 9.55. The molecule has 82 valence electrons. The molecule has 2 saturated carbocycles. The summed E-state index contributed by atoms with van der Waals surface area (Å²) in [6.07, 6.45) is 9.40. The molecular weight excluding hydrogens is 184 g/mol. The van der Waals surface area contributed by atoms with E-state index in [4.69, 9.17) is 0 Å². The monoisotopic (exact) mass is 204 g/mol. The van der Waals surface area contributed by atoms with Gasteiger partial charge in [-0.05, 0) is 50.5 Å². The number of fused-ring (bicyclic) bond motifs is 2. The van der Waals surface area contributed by atoms with Crippen LogP contribution in [-0.2, 0) is 11.8 Å². The first-order valence-electron chi connectivity index (χ1n) is 6.37. The molecule has 0 amide bonds. The summed E-state index contributed by atoms with van der Waals surface area (Å²) in [6, 6.07) is 2.33. The number of nitrogens with zero attached hydrogens (tertiary/aromatic N) is 1. The maximum absolute atomic E-state index is 4.56. The molecule has 2 fully saturated rings. The highest BCUT2D eigenvalue weighted by molar-refractivity contribution is 5.24. The van der Waals surface area contributed by atoms with Gasteiger partial charge < -0.3 is 0 Å². The standard InChI is InChI=1S/C13H20N2/c1-2-3-11-8-12(15-14-11)13-6-4-10(9-13)5-7-13/h8,10H,2-7,9H2,1H3,(H,14,15). The van der Waals surface area contributed by atoms with Gasteiger partial charge in [-0.25, -0.2) is 0 Å². The summed E-state index contributed by atoms with van der Waals surface area (Å²) in [6.45, 7) is 2.22. The number of aromatic nitrogens is 2. The molecule has 0 radical (unpaired) electrons. The van der Waals surface area contributed by atoms with E-state index in [0.29, 0.717) is 5.41 Å². The highest BCUT2D eigenvalue weighted by Gasteiger charge is 2.47. The zero-order chi connectivity index (χ0) is 10.3. The lowest BCUT2D eigenvalue weighted by molar-refractivity contribution is 0.408. The van der Waals surface area contributed by atoms with Crippen LogP contribution in [0.4, 0.5) is 0 Å². The van der Waals surface area contributed by atoms with Gasteiger partial charge in [0.15, 0.2) is 0 Å². The van der Waals surface area contributed by atoms with Gasteiger partial charge in [0.25, 0.3) is 0 Å². The Bertz CT molecular complexity index is 345. The Morgan fingerprint density at radius 3 is 2.87 bits per heavy atom. The molecular formula is C13H20N2. The van der Waals surface area contributed by atoms with Gasteiger partial charge in [0, 0.05) is 11.1 Å². The first kappa shape index (κ1) is 9.44. The summed E-state index contributed by atoms with van der Waals surface area (Å²) in [5.74, 6) is 1.01. The van der Waals surface area contributed by atoms with Gasteiger partial charge in [0.2, 0.25) is 0 Å². The van der Waals surface area contributed by atoms with Gasteiger partial charge in [-0.2, -0.15) is 5.10 Å². The van der Waals surface area contributed by atoms with Crippen molar-refractivity contribution in [1.82, 2.24) is 10.2 Å². The molecule has 0 saturated heterocycles. The van der Waals surface area contributed by atoms with Crippen LogP contribution in [0.2, 0.25) is 0 Å². The van der Waals surface area contributed by atoms with Crippen molar-refractivity contribution in [2.45, 2.75) is 57.3 Å². The predicted molar refractivity (Wildman–Crippen MR) is 60.8 cm³/mol. The maximum Gasteiger partial charge on any atom is 0.0686 e. The second-order valence-corrected chi connectivity index (χ2v) is 5.46. The number of H-pyrrole nitrogens is 1. The summed E-state index contributed by atoms with van der Waals surface area (Å²) in [5, 5.41) is 7.77. The van der Waals surface area contributed by atoms with Crippen LogP contribution in [-0.4, -0.2) is 10.2 Å². The van der Waals surface area contributed by atoms with Crippen LogP contribution in [0, 0.1) is 5.92 Å². The molecule has 0 atom stereocenters. The van der Waals surface area contributed by atoms with E-state index in [-0.39, 0.29) is 0 Å². The summed E-state index contributed by atoms with van der Waals surface area (Å²) in [4.78, 5) is 0. The number of aryl methyl sites for hydroxylation is 1. The van der Waals surface area contributed by atoms with Crippen molar-refractivity contribution in [1.29, 1.82) is 0 Å². The molecule has 2 aliphatic rings. The summed E-state index contributed by atoms with van der Waals surface area (Å²) < 4.78 is 0. The summed E-state index contributed by atoms with van der Waals surface area (Å²) in [7, 11) is 0. The Hall–Kier alpha value is -0.790. The number of rotatable bonds is 3. The summed E-state index contributed by atoms with van der Waals surface area (Å²) in [5.41, 5.74) is 3.18. The minimum absolute atomic E-state index is 0.479. The van der Waals surface area contributed by atoms with Crippen LogP contribution in [0.3, 0.4) is 0 Å². The van der Waals surface area contributed by atoms with E-state index in [1.165, 1.54) is 49.9 Å². The average Bonchev–Trinajstić information content (AvgIpc) is 2.92. The molecule has 2 aliphatic carbocycles. The fourth-order valence-corrected chi connectivity index (χ4v) is 3.58. The van der Waals surface area contributed by atoms with Gasteiger partial charge in [-0.1, -0.05) is 13.3 Å². The predicted octanol–water partition coefficient (Wildman–Crippen LogP) is 3.19. The van der Waals surface area contributed by atoms with Gasteiger partial charge in [0.05, 0.1) is 5.69 Å². The molecule has 0 unspecified atom stereocenters. The largest absolute Gasteiger partial charge is 0.282 e. The molecule has 0 spiro atoms. The number of hydrogen-bond donors (Lipinski definition) is 1. The van der Waals surface area contributed by atoms with Crippen molar-refractivity contribution in [3.8, 4) is 0 Å². The van der Waals surface area contributed by atoms with Crippen LogP contribution >= 0.6 is 0 Å². The minimum Gasteiger partial charge on any atom is -0.282 e.